The van der Waals surface area contributed by atoms with Crippen molar-refractivity contribution >= 4 is 16.0 Å². The number of sulfonamides is 1. The number of hydrogen-bond donors (Lipinski definition) is 1. The van der Waals surface area contributed by atoms with Crippen LogP contribution in [0, 0.1) is 0 Å². The minimum Gasteiger partial charge on any atom is -0.479 e. The van der Waals surface area contributed by atoms with Gasteiger partial charge in [-0.1, -0.05) is 12.1 Å². The van der Waals surface area contributed by atoms with E-state index in [0.29, 0.717) is 5.92 Å². The minimum absolute atomic E-state index is 0.0936. The fourth-order valence-electron chi connectivity index (χ4n) is 2.47. The first-order valence-electron chi connectivity index (χ1n) is 6.93. The molecule has 0 radical (unpaired) electrons. The fourth-order valence-corrected chi connectivity index (χ4v) is 3.90. The maximum Gasteiger partial charge on any atom is 0.334 e. The van der Waals surface area contributed by atoms with Gasteiger partial charge in [-0.25, -0.2) is 13.2 Å². The lowest BCUT2D eigenvalue weighted by atomic mass is 10.1. The Balaban J connectivity index is 1.80. The molecule has 1 heterocycles. The maximum atomic E-state index is 12.5. The SMILES string of the molecule is O=C(O)C1CN(S(=O)(=O)c2ccc(C3CC3)cc2)CCO1. The Bertz CT molecular complexity index is 636. The number of carbonyl (C=O) groups is 1. The van der Waals surface area contributed by atoms with Gasteiger partial charge in [-0.3, -0.25) is 0 Å². The molecule has 1 saturated heterocycles. The van der Waals surface area contributed by atoms with Crippen LogP contribution in [0.25, 0.3) is 0 Å². The van der Waals surface area contributed by atoms with E-state index in [1.54, 1.807) is 12.1 Å². The number of hydrogen-bond acceptors (Lipinski definition) is 4. The molecule has 21 heavy (non-hydrogen) atoms. The molecule has 114 valence electrons. The molecule has 1 aliphatic carbocycles. The number of carboxylic acid groups (broad SMARTS) is 1. The molecule has 0 spiro atoms. The van der Waals surface area contributed by atoms with Gasteiger partial charge in [0.15, 0.2) is 6.10 Å². The third-order valence-corrected chi connectivity index (χ3v) is 5.75. The quantitative estimate of drug-likeness (QED) is 0.898. The smallest absolute Gasteiger partial charge is 0.334 e. The summed E-state index contributed by atoms with van der Waals surface area (Å²) >= 11 is 0. The van der Waals surface area contributed by atoms with Crippen LogP contribution in [0.2, 0.25) is 0 Å². The zero-order valence-corrected chi connectivity index (χ0v) is 12.3. The molecule has 1 atom stereocenters. The van der Waals surface area contributed by atoms with Crippen LogP contribution < -0.4 is 0 Å². The van der Waals surface area contributed by atoms with Gasteiger partial charge in [0, 0.05) is 6.54 Å². The van der Waals surface area contributed by atoms with E-state index < -0.39 is 22.1 Å². The van der Waals surface area contributed by atoms with Crippen LogP contribution in [0.5, 0.6) is 0 Å². The van der Waals surface area contributed by atoms with Crippen molar-refractivity contribution in [2.45, 2.75) is 29.8 Å². The van der Waals surface area contributed by atoms with E-state index in [1.807, 2.05) is 12.1 Å². The molecular weight excluding hydrogens is 294 g/mol. The number of benzene rings is 1. The van der Waals surface area contributed by atoms with Gasteiger partial charge in [0.25, 0.3) is 0 Å². The van der Waals surface area contributed by atoms with E-state index in [0.717, 1.165) is 12.8 Å². The molecular formula is C14H17NO5S. The Morgan fingerprint density at radius 3 is 2.48 bits per heavy atom. The van der Waals surface area contributed by atoms with Crippen LogP contribution in [-0.2, 0) is 19.6 Å². The van der Waals surface area contributed by atoms with E-state index in [-0.39, 0.29) is 24.6 Å². The maximum absolute atomic E-state index is 12.5. The molecule has 1 aromatic rings. The summed E-state index contributed by atoms with van der Waals surface area (Å²) in [5.41, 5.74) is 1.17. The number of carboxylic acids is 1. The van der Waals surface area contributed by atoms with Gasteiger partial charge in [0.1, 0.15) is 0 Å². The number of morpholine rings is 1. The molecule has 1 N–H and O–H groups in total. The zero-order chi connectivity index (χ0) is 15.0. The Hall–Kier alpha value is -1.44. The van der Waals surface area contributed by atoms with Gasteiger partial charge in [0.05, 0.1) is 18.0 Å². The third kappa shape index (κ3) is 2.95. The van der Waals surface area contributed by atoms with Crippen molar-refractivity contribution in [1.29, 1.82) is 0 Å². The fraction of sp³-hybridized carbons (Fsp3) is 0.500. The molecule has 0 aromatic heterocycles. The van der Waals surface area contributed by atoms with Crippen LogP contribution in [-0.4, -0.2) is 49.6 Å². The average molecular weight is 311 g/mol. The molecule has 2 fully saturated rings. The molecule has 6 nitrogen and oxygen atoms in total. The van der Waals surface area contributed by atoms with Crippen molar-refractivity contribution in [3.05, 3.63) is 29.8 Å². The molecule has 1 aliphatic heterocycles. The van der Waals surface area contributed by atoms with Crippen molar-refractivity contribution in [3.63, 3.8) is 0 Å². The molecule has 0 bridgehead atoms. The van der Waals surface area contributed by atoms with Gasteiger partial charge in [0.2, 0.25) is 10.0 Å². The first-order chi connectivity index (χ1) is 9.98. The largest absolute Gasteiger partial charge is 0.479 e. The highest BCUT2D eigenvalue weighted by atomic mass is 32.2. The number of ether oxygens (including phenoxy) is 1. The summed E-state index contributed by atoms with van der Waals surface area (Å²) in [6.45, 7) is 0.120. The van der Waals surface area contributed by atoms with Crippen LogP contribution >= 0.6 is 0 Å². The molecule has 1 aromatic carbocycles. The Kier molecular flexibility index (Phi) is 3.73. The van der Waals surface area contributed by atoms with Gasteiger partial charge in [-0.15, -0.1) is 0 Å². The highest BCUT2D eigenvalue weighted by molar-refractivity contribution is 7.89. The van der Waals surface area contributed by atoms with Gasteiger partial charge >= 0.3 is 5.97 Å². The van der Waals surface area contributed by atoms with Crippen molar-refractivity contribution in [2.24, 2.45) is 0 Å². The lowest BCUT2D eigenvalue weighted by Gasteiger charge is -2.30. The Morgan fingerprint density at radius 2 is 1.90 bits per heavy atom. The van der Waals surface area contributed by atoms with E-state index in [2.05, 4.69) is 0 Å². The standard InChI is InChI=1S/C14H17NO5S/c16-14(17)13-9-15(7-8-20-13)21(18,19)12-5-3-11(4-6-12)10-1-2-10/h3-6,10,13H,1-2,7-9H2,(H,16,17). The molecule has 0 amide bonds. The second-order valence-corrected chi connectivity index (χ2v) is 7.34. The van der Waals surface area contributed by atoms with Crippen LogP contribution in [0.3, 0.4) is 0 Å². The summed E-state index contributed by atoms with van der Waals surface area (Å²) in [6.07, 6.45) is 1.23. The Labute approximate surface area is 123 Å². The summed E-state index contributed by atoms with van der Waals surface area (Å²) in [5, 5.41) is 8.95. The lowest BCUT2D eigenvalue weighted by Crippen LogP contribution is -2.48. The second-order valence-electron chi connectivity index (χ2n) is 5.40. The normalized spacial score (nSPS) is 23.9. The Morgan fingerprint density at radius 1 is 1.24 bits per heavy atom. The van der Waals surface area contributed by atoms with Crippen LogP contribution in [0.1, 0.15) is 24.3 Å². The second kappa shape index (κ2) is 5.40. The summed E-state index contributed by atoms with van der Waals surface area (Å²) in [4.78, 5) is 11.1. The molecule has 3 rings (SSSR count). The number of rotatable bonds is 4. The molecule has 7 heteroatoms. The zero-order valence-electron chi connectivity index (χ0n) is 11.4. The van der Waals surface area contributed by atoms with Crippen molar-refractivity contribution in [1.82, 2.24) is 4.31 Å². The van der Waals surface area contributed by atoms with Crippen molar-refractivity contribution in [3.8, 4) is 0 Å². The third-order valence-electron chi connectivity index (χ3n) is 3.87. The average Bonchev–Trinajstić information content (AvgIpc) is 3.32. The predicted octanol–water partition coefficient (Wildman–Crippen LogP) is 1.04. The summed E-state index contributed by atoms with van der Waals surface area (Å²) in [7, 11) is -3.66. The summed E-state index contributed by atoms with van der Waals surface area (Å²) < 4.78 is 31.3. The van der Waals surface area contributed by atoms with Crippen LogP contribution in [0.4, 0.5) is 0 Å². The predicted molar refractivity (Wildman–Crippen MR) is 74.6 cm³/mol. The van der Waals surface area contributed by atoms with E-state index in [1.165, 1.54) is 9.87 Å². The lowest BCUT2D eigenvalue weighted by molar-refractivity contribution is -0.153. The topological polar surface area (TPSA) is 83.9 Å². The number of aliphatic carboxylic acids is 1. The van der Waals surface area contributed by atoms with E-state index >= 15 is 0 Å². The van der Waals surface area contributed by atoms with Gasteiger partial charge in [-0.05, 0) is 36.5 Å². The minimum atomic E-state index is -3.66. The van der Waals surface area contributed by atoms with Gasteiger partial charge in [-0.2, -0.15) is 4.31 Å². The first-order valence-corrected chi connectivity index (χ1v) is 8.37. The summed E-state index contributed by atoms with van der Waals surface area (Å²) in [5.74, 6) is -0.569. The number of nitrogens with zero attached hydrogens (tertiary/aromatic N) is 1. The van der Waals surface area contributed by atoms with Gasteiger partial charge < -0.3 is 9.84 Å². The summed E-state index contributed by atoms with van der Waals surface area (Å²) in [6, 6.07) is 6.90. The highest BCUT2D eigenvalue weighted by Gasteiger charge is 2.34. The molecule has 2 aliphatic rings. The van der Waals surface area contributed by atoms with E-state index in [9.17, 15) is 13.2 Å². The van der Waals surface area contributed by atoms with Crippen molar-refractivity contribution < 1.29 is 23.1 Å². The molecule has 1 unspecified atom stereocenters. The van der Waals surface area contributed by atoms with Crippen LogP contribution in [0.15, 0.2) is 29.2 Å². The highest BCUT2D eigenvalue weighted by Crippen LogP contribution is 2.40. The van der Waals surface area contributed by atoms with Crippen molar-refractivity contribution in [2.75, 3.05) is 19.7 Å². The first kappa shape index (κ1) is 14.5. The monoisotopic (exact) mass is 311 g/mol. The molecule has 1 saturated carbocycles. The van der Waals surface area contributed by atoms with E-state index in [4.69, 9.17) is 9.84 Å².